The first-order valence-electron chi connectivity index (χ1n) is 8.38. The summed E-state index contributed by atoms with van der Waals surface area (Å²) in [5.74, 6) is -0.370. The molecule has 26 heavy (non-hydrogen) atoms. The van der Waals surface area contributed by atoms with Crippen LogP contribution in [-0.4, -0.2) is 44.7 Å². The van der Waals surface area contributed by atoms with Crippen molar-refractivity contribution in [3.05, 3.63) is 65.2 Å². The molecule has 138 valence electrons. The van der Waals surface area contributed by atoms with Crippen LogP contribution in [-0.2, 0) is 19.4 Å². The Hall–Kier alpha value is -1.89. The van der Waals surface area contributed by atoms with Gasteiger partial charge in [0.2, 0.25) is 5.91 Å². The highest BCUT2D eigenvalue weighted by atomic mass is 35.5. The van der Waals surface area contributed by atoms with Gasteiger partial charge in [0.25, 0.3) is 0 Å². The van der Waals surface area contributed by atoms with Gasteiger partial charge in [-0.15, -0.1) is 0 Å². The van der Waals surface area contributed by atoms with E-state index in [1.807, 2.05) is 12.1 Å². The predicted octanol–water partition coefficient (Wildman–Crippen LogP) is 3.10. The van der Waals surface area contributed by atoms with Crippen LogP contribution in [0.5, 0.6) is 0 Å². The number of ether oxygens (including phenoxy) is 1. The molecule has 0 radical (unpaired) electrons. The topological polar surface area (TPSA) is 63.7 Å². The van der Waals surface area contributed by atoms with Crippen molar-refractivity contribution in [2.24, 2.45) is 0 Å². The molecule has 1 saturated heterocycles. The fourth-order valence-electron chi connectivity index (χ4n) is 2.88. The molecule has 1 aliphatic heterocycles. The van der Waals surface area contributed by atoms with Crippen molar-refractivity contribution in [3.8, 4) is 0 Å². The van der Waals surface area contributed by atoms with Crippen LogP contribution in [0.3, 0.4) is 0 Å². The number of nitrogens with zero attached hydrogens (tertiary/aromatic N) is 1. The molecule has 2 aromatic rings. The molecule has 0 spiro atoms. The van der Waals surface area contributed by atoms with E-state index in [1.54, 1.807) is 47.4 Å². The van der Waals surface area contributed by atoms with Gasteiger partial charge in [0.05, 0.1) is 23.8 Å². The third kappa shape index (κ3) is 4.63. The predicted molar refractivity (Wildman–Crippen MR) is 99.8 cm³/mol. The Bertz CT molecular complexity index is 853. The van der Waals surface area contributed by atoms with E-state index in [0.717, 1.165) is 5.56 Å². The highest BCUT2D eigenvalue weighted by molar-refractivity contribution is 7.91. The maximum atomic E-state index is 12.5. The molecule has 1 fully saturated rings. The summed E-state index contributed by atoms with van der Waals surface area (Å²) in [5, 5.41) is 0.642. The number of hydrogen-bond acceptors (Lipinski definition) is 4. The molecule has 0 aromatic heterocycles. The molecule has 1 atom stereocenters. The Morgan fingerprint density at radius 1 is 1.12 bits per heavy atom. The lowest BCUT2D eigenvalue weighted by Gasteiger charge is -2.33. The van der Waals surface area contributed by atoms with Gasteiger partial charge >= 0.3 is 0 Å². The highest BCUT2D eigenvalue weighted by Gasteiger charge is 2.26. The summed E-state index contributed by atoms with van der Waals surface area (Å²) in [7, 11) is -3.46. The minimum absolute atomic E-state index is 0.0371. The zero-order chi connectivity index (χ0) is 18.6. The van der Waals surface area contributed by atoms with Gasteiger partial charge in [0.1, 0.15) is 6.10 Å². The first kappa shape index (κ1) is 18.9. The first-order chi connectivity index (χ1) is 12.5. The second-order valence-corrected chi connectivity index (χ2v) is 8.68. The largest absolute Gasteiger partial charge is 0.370 e. The number of carbonyl (C=O) groups is 1. The van der Waals surface area contributed by atoms with Crippen LogP contribution in [0, 0.1) is 0 Å². The zero-order valence-electron chi connectivity index (χ0n) is 14.2. The Morgan fingerprint density at radius 2 is 1.81 bits per heavy atom. The van der Waals surface area contributed by atoms with Gasteiger partial charge in [-0.1, -0.05) is 41.9 Å². The summed E-state index contributed by atoms with van der Waals surface area (Å²) in [6, 6.07) is 15.5. The maximum absolute atomic E-state index is 12.5. The Morgan fingerprint density at radius 3 is 2.50 bits per heavy atom. The van der Waals surface area contributed by atoms with Crippen LogP contribution < -0.4 is 0 Å². The molecule has 3 rings (SSSR count). The molecule has 1 amide bonds. The molecular weight excluding hydrogens is 374 g/mol. The lowest BCUT2D eigenvalue weighted by atomic mass is 10.1. The van der Waals surface area contributed by atoms with Crippen molar-refractivity contribution in [2.75, 3.05) is 25.4 Å². The summed E-state index contributed by atoms with van der Waals surface area (Å²) in [6.07, 6.45) is -0.263. The number of morpholine rings is 1. The smallest absolute Gasteiger partial charge is 0.223 e. The molecule has 0 N–H and O–H groups in total. The van der Waals surface area contributed by atoms with Crippen molar-refractivity contribution in [2.45, 2.75) is 17.4 Å². The monoisotopic (exact) mass is 393 g/mol. The van der Waals surface area contributed by atoms with Crippen molar-refractivity contribution < 1.29 is 17.9 Å². The van der Waals surface area contributed by atoms with Crippen LogP contribution in [0.4, 0.5) is 0 Å². The number of carbonyl (C=O) groups excluding carboxylic acids is 1. The Labute approximate surface area is 158 Å². The van der Waals surface area contributed by atoms with Crippen molar-refractivity contribution in [1.29, 1.82) is 0 Å². The SMILES string of the molecule is O=C(CCS(=O)(=O)c1ccccc1)N1CCOC(c2ccc(Cl)cc2)C1. The number of sulfone groups is 1. The van der Waals surface area contributed by atoms with E-state index in [9.17, 15) is 13.2 Å². The van der Waals surface area contributed by atoms with E-state index in [0.29, 0.717) is 24.7 Å². The first-order valence-corrected chi connectivity index (χ1v) is 10.4. The van der Waals surface area contributed by atoms with E-state index in [-0.39, 0.29) is 29.1 Å². The standard InChI is InChI=1S/C19H20ClNO4S/c20-16-8-6-15(7-9-16)18-14-21(11-12-25-18)19(22)10-13-26(23,24)17-4-2-1-3-5-17/h1-9,18H,10-14H2. The molecule has 0 saturated carbocycles. The molecule has 1 heterocycles. The average Bonchev–Trinajstić information content (AvgIpc) is 2.67. The maximum Gasteiger partial charge on any atom is 0.223 e. The highest BCUT2D eigenvalue weighted by Crippen LogP contribution is 2.24. The van der Waals surface area contributed by atoms with Crippen LogP contribution in [0.2, 0.25) is 5.02 Å². The van der Waals surface area contributed by atoms with Gasteiger partial charge in [0.15, 0.2) is 9.84 Å². The van der Waals surface area contributed by atoms with E-state index in [1.165, 1.54) is 0 Å². The number of rotatable bonds is 5. The molecule has 0 aliphatic carbocycles. The van der Waals surface area contributed by atoms with E-state index in [4.69, 9.17) is 16.3 Å². The van der Waals surface area contributed by atoms with Crippen LogP contribution in [0.1, 0.15) is 18.1 Å². The van der Waals surface area contributed by atoms with Gasteiger partial charge < -0.3 is 9.64 Å². The lowest BCUT2D eigenvalue weighted by Crippen LogP contribution is -2.42. The van der Waals surface area contributed by atoms with Crippen LogP contribution in [0.25, 0.3) is 0 Å². The normalized spacial score (nSPS) is 17.9. The third-order valence-electron chi connectivity index (χ3n) is 4.35. The van der Waals surface area contributed by atoms with Gasteiger partial charge in [-0.3, -0.25) is 4.79 Å². The number of halogens is 1. The minimum Gasteiger partial charge on any atom is -0.370 e. The summed E-state index contributed by atoms with van der Waals surface area (Å²) < 4.78 is 30.4. The second-order valence-electron chi connectivity index (χ2n) is 6.13. The fraction of sp³-hybridized carbons (Fsp3) is 0.316. The Balaban J connectivity index is 1.60. The van der Waals surface area contributed by atoms with Crippen molar-refractivity contribution >= 4 is 27.3 Å². The molecule has 0 bridgehead atoms. The number of amides is 1. The second kappa shape index (κ2) is 8.20. The Kier molecular flexibility index (Phi) is 5.96. The molecule has 2 aromatic carbocycles. The van der Waals surface area contributed by atoms with Gasteiger partial charge in [0, 0.05) is 18.0 Å². The summed E-state index contributed by atoms with van der Waals surface area (Å²) in [6.45, 7) is 1.30. The quantitative estimate of drug-likeness (QED) is 0.783. The minimum atomic E-state index is -3.46. The van der Waals surface area contributed by atoms with E-state index in [2.05, 4.69) is 0 Å². The molecule has 7 heteroatoms. The van der Waals surface area contributed by atoms with Crippen molar-refractivity contribution in [3.63, 3.8) is 0 Å². The molecular formula is C19H20ClNO4S. The molecule has 5 nitrogen and oxygen atoms in total. The van der Waals surface area contributed by atoms with Crippen LogP contribution in [0.15, 0.2) is 59.5 Å². The number of benzene rings is 2. The number of hydrogen-bond donors (Lipinski definition) is 0. The van der Waals surface area contributed by atoms with E-state index < -0.39 is 9.84 Å². The van der Waals surface area contributed by atoms with Gasteiger partial charge in [-0.2, -0.15) is 0 Å². The van der Waals surface area contributed by atoms with Crippen molar-refractivity contribution in [1.82, 2.24) is 4.90 Å². The van der Waals surface area contributed by atoms with Gasteiger partial charge in [-0.05, 0) is 29.8 Å². The van der Waals surface area contributed by atoms with Gasteiger partial charge in [-0.25, -0.2) is 8.42 Å². The zero-order valence-corrected chi connectivity index (χ0v) is 15.7. The van der Waals surface area contributed by atoms with E-state index >= 15 is 0 Å². The summed E-state index contributed by atoms with van der Waals surface area (Å²) in [5.41, 5.74) is 0.948. The fourth-order valence-corrected chi connectivity index (χ4v) is 4.26. The molecule has 1 unspecified atom stereocenters. The molecule has 1 aliphatic rings. The summed E-state index contributed by atoms with van der Waals surface area (Å²) >= 11 is 5.90. The van der Waals surface area contributed by atoms with Crippen LogP contribution >= 0.6 is 11.6 Å². The lowest BCUT2D eigenvalue weighted by molar-refractivity contribution is -0.138. The third-order valence-corrected chi connectivity index (χ3v) is 6.33. The summed E-state index contributed by atoms with van der Waals surface area (Å²) in [4.78, 5) is 14.4. The average molecular weight is 394 g/mol.